The highest BCUT2D eigenvalue weighted by atomic mass is 32.1. The Hall–Kier alpha value is -4.44. The fourth-order valence-electron chi connectivity index (χ4n) is 5.03. The van der Waals surface area contributed by atoms with Gasteiger partial charge in [-0.05, 0) is 23.1 Å². The summed E-state index contributed by atoms with van der Waals surface area (Å²) < 4.78 is 0. The number of aliphatic hydroxyl groups is 1. The smallest absolute Gasteiger partial charge is 0.223 e. The molecule has 258 valence electrons. The largest absolute Gasteiger partial charge is 0.394 e. The van der Waals surface area contributed by atoms with Crippen LogP contribution in [0.3, 0.4) is 0 Å². The Bertz CT molecular complexity index is 1660. The minimum Gasteiger partial charge on any atom is -0.394 e. The third-order valence-corrected chi connectivity index (χ3v) is 10.3. The van der Waals surface area contributed by atoms with Crippen LogP contribution >= 0.6 is 22.7 Å². The third-order valence-electron chi connectivity index (χ3n) is 7.87. The highest BCUT2D eigenvalue weighted by Gasteiger charge is 2.38. The van der Waals surface area contributed by atoms with Crippen LogP contribution in [0, 0.1) is 0 Å². The predicted octanol–water partition coefficient (Wildman–Crippen LogP) is 3.96. The molecule has 12 nitrogen and oxygen atoms in total. The van der Waals surface area contributed by atoms with Crippen LogP contribution in [0.25, 0.3) is 0 Å². The molecule has 2 amide bonds. The molecule has 5 aromatic rings. The molecule has 2 heterocycles. The molecule has 49 heavy (non-hydrogen) atoms. The van der Waals surface area contributed by atoms with Crippen molar-refractivity contribution in [1.82, 2.24) is 25.7 Å². The minimum atomic E-state index is -0.858. The van der Waals surface area contributed by atoms with Crippen molar-refractivity contribution in [2.24, 2.45) is 22.9 Å². The van der Waals surface area contributed by atoms with Gasteiger partial charge in [0.15, 0.2) is 0 Å². The summed E-state index contributed by atoms with van der Waals surface area (Å²) in [6.45, 7) is 4.03. The first-order valence-electron chi connectivity index (χ1n) is 15.9. The number of carbonyl (C=O) groups excluding carboxylic acids is 2. The number of carbonyl (C=O) groups is 2. The van der Waals surface area contributed by atoms with Gasteiger partial charge in [0, 0.05) is 18.8 Å². The Kier molecular flexibility index (Phi) is 13.6. The van der Waals surface area contributed by atoms with E-state index < -0.39 is 29.6 Å². The fourth-order valence-corrected chi connectivity index (χ4v) is 6.85. The van der Waals surface area contributed by atoms with Crippen molar-refractivity contribution in [3.05, 3.63) is 128 Å². The molecule has 5 rings (SSSR count). The molecule has 0 radical (unpaired) electrons. The molecule has 0 saturated carbocycles. The number of hydrogen-bond donors (Lipinski definition) is 6. The normalized spacial score (nSPS) is 13.8. The van der Waals surface area contributed by atoms with Gasteiger partial charge in [-0.2, -0.15) is 0 Å². The van der Waals surface area contributed by atoms with Crippen molar-refractivity contribution in [1.29, 1.82) is 0 Å². The Balaban J connectivity index is 0.000000302. The van der Waals surface area contributed by atoms with Crippen LogP contribution in [-0.2, 0) is 15.1 Å². The standard InChI is InChI=1S/C28H30N4OS.C7H13N5O2S/c1-3-20(2)26-31-32-27(34-26)24(29)19-25(33)30-28(21-13-7-4-8-14-21,22-15-9-5-10-16-22)23-17-11-6-12-18-23;8-3(1-5(10)14)6-11-12-7(15-6)4(9)2-13/h4-18,20,24H,3,19,29H2,1-2H3,(H,30,33);3-4,13H,1-2,8-9H2,(H2,10,14)/t20-,24-;3-,4-/m00/s1. The molecule has 0 saturated heterocycles. The second-order valence-corrected chi connectivity index (χ2v) is 13.6. The topological polar surface area (TPSA) is 222 Å². The summed E-state index contributed by atoms with van der Waals surface area (Å²) in [7, 11) is 0. The van der Waals surface area contributed by atoms with Gasteiger partial charge in [-0.25, -0.2) is 0 Å². The van der Waals surface area contributed by atoms with E-state index in [1.165, 1.54) is 22.7 Å². The number of amides is 2. The monoisotopic (exact) mass is 701 g/mol. The van der Waals surface area contributed by atoms with Gasteiger partial charge in [0.25, 0.3) is 0 Å². The first-order chi connectivity index (χ1) is 23.6. The second-order valence-electron chi connectivity index (χ2n) is 11.5. The van der Waals surface area contributed by atoms with Crippen LogP contribution in [0.1, 0.15) is 93.9 Å². The Morgan fingerprint density at radius 2 is 1.08 bits per heavy atom. The van der Waals surface area contributed by atoms with Gasteiger partial charge in [-0.1, -0.05) is 128 Å². The zero-order valence-corrected chi connectivity index (χ0v) is 29.1. The molecular formula is C35H43N9O3S2. The average Bonchev–Trinajstić information content (AvgIpc) is 3.83. The number of primary amides is 1. The lowest BCUT2D eigenvalue weighted by atomic mass is 9.77. The summed E-state index contributed by atoms with van der Waals surface area (Å²) in [6.07, 6.45) is 1.12. The highest BCUT2D eigenvalue weighted by molar-refractivity contribution is 7.11. The SMILES string of the molecule is CC[C@H](C)c1nnc([C@@H](N)CC(=O)NC(c2ccccc2)(c2ccccc2)c2ccccc2)s1.NC(=O)C[C@H](N)c1nnc([C@@H](N)CO)s1. The summed E-state index contributed by atoms with van der Waals surface area (Å²) in [5, 5.41) is 30.9. The lowest BCUT2D eigenvalue weighted by Crippen LogP contribution is -2.48. The van der Waals surface area contributed by atoms with Gasteiger partial charge in [-0.3, -0.25) is 9.59 Å². The third kappa shape index (κ3) is 9.59. The summed E-state index contributed by atoms with van der Waals surface area (Å²) in [5.74, 6) is -0.316. The van der Waals surface area contributed by atoms with Crippen molar-refractivity contribution in [3.8, 4) is 0 Å². The van der Waals surface area contributed by atoms with Gasteiger partial charge in [0.05, 0.1) is 24.7 Å². The van der Waals surface area contributed by atoms with E-state index in [4.69, 9.17) is 28.0 Å². The van der Waals surface area contributed by atoms with E-state index in [-0.39, 0.29) is 25.4 Å². The number of nitrogens with zero attached hydrogens (tertiary/aromatic N) is 4. The van der Waals surface area contributed by atoms with Crippen molar-refractivity contribution in [2.75, 3.05) is 6.61 Å². The number of aliphatic hydroxyl groups excluding tert-OH is 1. The van der Waals surface area contributed by atoms with Crippen molar-refractivity contribution < 1.29 is 14.7 Å². The van der Waals surface area contributed by atoms with Crippen LogP contribution in [0.5, 0.6) is 0 Å². The van der Waals surface area contributed by atoms with Crippen molar-refractivity contribution in [3.63, 3.8) is 0 Å². The maximum atomic E-state index is 13.5. The van der Waals surface area contributed by atoms with Crippen LogP contribution in [0.2, 0.25) is 0 Å². The Labute approximate surface area is 294 Å². The predicted molar refractivity (Wildman–Crippen MR) is 192 cm³/mol. The fraction of sp³-hybridized carbons (Fsp3) is 0.314. The molecule has 2 aromatic heterocycles. The van der Waals surface area contributed by atoms with Crippen LogP contribution < -0.4 is 28.3 Å². The van der Waals surface area contributed by atoms with E-state index in [0.717, 1.165) is 28.1 Å². The van der Waals surface area contributed by atoms with Gasteiger partial charge >= 0.3 is 0 Å². The lowest BCUT2D eigenvalue weighted by Gasteiger charge is -2.37. The molecule has 0 fully saturated rings. The maximum absolute atomic E-state index is 13.5. The number of benzene rings is 3. The van der Waals surface area contributed by atoms with E-state index in [1.54, 1.807) is 0 Å². The summed E-state index contributed by atoms with van der Waals surface area (Å²) in [6, 6.07) is 28.5. The number of nitrogens with two attached hydrogens (primary N) is 4. The second kappa shape index (κ2) is 17.8. The highest BCUT2D eigenvalue weighted by Crippen LogP contribution is 2.37. The van der Waals surface area contributed by atoms with Gasteiger partial charge in [0.2, 0.25) is 11.8 Å². The Morgan fingerprint density at radius 3 is 1.49 bits per heavy atom. The molecule has 3 aromatic carbocycles. The molecule has 0 spiro atoms. The average molecular weight is 702 g/mol. The molecule has 0 aliphatic heterocycles. The zero-order valence-electron chi connectivity index (χ0n) is 27.5. The lowest BCUT2D eigenvalue weighted by molar-refractivity contribution is -0.122. The van der Waals surface area contributed by atoms with E-state index >= 15 is 0 Å². The van der Waals surface area contributed by atoms with Gasteiger partial charge in [-0.15, -0.1) is 20.4 Å². The first-order valence-corrected chi connectivity index (χ1v) is 17.5. The molecule has 4 atom stereocenters. The number of nitrogens with one attached hydrogen (secondary N) is 1. The summed E-state index contributed by atoms with van der Waals surface area (Å²) in [4.78, 5) is 24.1. The van der Waals surface area contributed by atoms with Crippen LogP contribution in [0.15, 0.2) is 91.0 Å². The molecule has 10 N–H and O–H groups in total. The molecule has 0 aliphatic carbocycles. The van der Waals surface area contributed by atoms with E-state index in [9.17, 15) is 9.59 Å². The van der Waals surface area contributed by atoms with Crippen LogP contribution in [-0.4, -0.2) is 43.9 Å². The number of hydrogen-bond acceptors (Lipinski definition) is 12. The van der Waals surface area contributed by atoms with Crippen molar-refractivity contribution in [2.45, 2.75) is 62.7 Å². The van der Waals surface area contributed by atoms with E-state index in [0.29, 0.717) is 20.9 Å². The molecular weight excluding hydrogens is 659 g/mol. The molecule has 14 heteroatoms. The number of aromatic nitrogens is 4. The summed E-state index contributed by atoms with van der Waals surface area (Å²) in [5.41, 5.74) is 24.7. The summed E-state index contributed by atoms with van der Waals surface area (Å²) >= 11 is 2.67. The van der Waals surface area contributed by atoms with Gasteiger partial charge < -0.3 is 33.4 Å². The number of rotatable bonds is 14. The Morgan fingerprint density at radius 1 is 0.694 bits per heavy atom. The maximum Gasteiger partial charge on any atom is 0.223 e. The van der Waals surface area contributed by atoms with Crippen LogP contribution in [0.4, 0.5) is 0 Å². The molecule has 0 aliphatic rings. The van der Waals surface area contributed by atoms with Crippen molar-refractivity contribution >= 4 is 34.5 Å². The van der Waals surface area contributed by atoms with E-state index in [1.807, 2.05) is 91.0 Å². The molecule has 0 bridgehead atoms. The minimum absolute atomic E-state index is 0.0169. The van der Waals surface area contributed by atoms with E-state index in [2.05, 4.69) is 39.6 Å². The van der Waals surface area contributed by atoms with Gasteiger partial charge in [0.1, 0.15) is 25.6 Å². The first kappa shape index (κ1) is 37.4. The quantitative estimate of drug-likeness (QED) is 0.0915. The zero-order chi connectivity index (χ0) is 35.4. The molecule has 0 unspecified atom stereocenters.